The number of anilines is 2. The molecule has 1 heterocycles. The van der Waals surface area contributed by atoms with Crippen LogP contribution in [0.4, 0.5) is 10.7 Å². The van der Waals surface area contributed by atoms with E-state index in [4.69, 9.17) is 17.0 Å². The minimum absolute atomic E-state index is 0.297. The summed E-state index contributed by atoms with van der Waals surface area (Å²) in [6, 6.07) is 6.17. The number of thiophene rings is 1. The van der Waals surface area contributed by atoms with Gasteiger partial charge in [0.25, 0.3) is 0 Å². The molecule has 0 fully saturated rings. The topological polar surface area (TPSA) is 50.4 Å². The van der Waals surface area contributed by atoms with Gasteiger partial charge in [0.2, 0.25) is 0 Å². The van der Waals surface area contributed by atoms with Gasteiger partial charge in [0.15, 0.2) is 5.11 Å². The number of methoxy groups -OCH3 is 1. The number of hydrogen-bond donors (Lipinski definition) is 2. The molecule has 0 aliphatic heterocycles. The molecule has 0 saturated carbocycles. The molecular formula is C20H24N2O2S2. The largest absolute Gasteiger partial charge is 0.465 e. The van der Waals surface area contributed by atoms with Crippen molar-refractivity contribution in [3.8, 4) is 0 Å². The van der Waals surface area contributed by atoms with E-state index in [1.165, 1.54) is 17.6 Å². The highest BCUT2D eigenvalue weighted by molar-refractivity contribution is 7.80. The highest BCUT2D eigenvalue weighted by Crippen LogP contribution is 2.40. The van der Waals surface area contributed by atoms with Gasteiger partial charge in [0.1, 0.15) is 5.00 Å². The molecule has 1 aliphatic rings. The summed E-state index contributed by atoms with van der Waals surface area (Å²) in [7, 11) is 1.42. The molecule has 2 aromatic rings. The SMILES string of the molecule is COC(=O)c1c(NC(=S)Nc2ccc(C)cc2C)sc2c1CCC(C)C2. The third kappa shape index (κ3) is 3.91. The second-order valence-electron chi connectivity index (χ2n) is 6.94. The molecule has 1 aromatic heterocycles. The number of thiocarbonyl (C=S) groups is 1. The quantitative estimate of drug-likeness (QED) is 0.567. The van der Waals surface area contributed by atoms with E-state index in [-0.39, 0.29) is 5.97 Å². The molecule has 1 aromatic carbocycles. The van der Waals surface area contributed by atoms with Crippen LogP contribution in [0.15, 0.2) is 18.2 Å². The standard InChI is InChI=1S/C20H24N2O2S2/c1-11-6-8-15(13(3)9-11)21-20(25)22-18-17(19(23)24-4)14-7-5-12(2)10-16(14)26-18/h6,8-9,12H,5,7,10H2,1-4H3,(H2,21,22,25). The van der Waals surface area contributed by atoms with E-state index >= 15 is 0 Å². The first-order valence-electron chi connectivity index (χ1n) is 8.77. The molecule has 2 N–H and O–H groups in total. The molecule has 138 valence electrons. The molecule has 4 nitrogen and oxygen atoms in total. The normalized spacial score (nSPS) is 15.9. The molecule has 0 saturated heterocycles. The van der Waals surface area contributed by atoms with Crippen LogP contribution in [0, 0.1) is 19.8 Å². The van der Waals surface area contributed by atoms with Crippen LogP contribution in [0.25, 0.3) is 0 Å². The molecule has 1 unspecified atom stereocenters. The van der Waals surface area contributed by atoms with Crippen LogP contribution >= 0.6 is 23.6 Å². The van der Waals surface area contributed by atoms with Crippen molar-refractivity contribution in [2.24, 2.45) is 5.92 Å². The third-order valence-corrected chi connectivity index (χ3v) is 6.13. The van der Waals surface area contributed by atoms with E-state index in [0.29, 0.717) is 16.6 Å². The molecule has 26 heavy (non-hydrogen) atoms. The average molecular weight is 389 g/mol. The van der Waals surface area contributed by atoms with Gasteiger partial charge in [-0.1, -0.05) is 24.6 Å². The Morgan fingerprint density at radius 1 is 1.31 bits per heavy atom. The maximum Gasteiger partial charge on any atom is 0.341 e. The van der Waals surface area contributed by atoms with Gasteiger partial charge in [0.05, 0.1) is 12.7 Å². The Morgan fingerprint density at radius 2 is 2.08 bits per heavy atom. The van der Waals surface area contributed by atoms with Crippen LogP contribution < -0.4 is 10.6 Å². The molecule has 3 rings (SSSR count). The van der Waals surface area contributed by atoms with E-state index in [1.54, 1.807) is 11.3 Å². The fourth-order valence-corrected chi connectivity index (χ4v) is 5.05. The van der Waals surface area contributed by atoms with Gasteiger partial charge in [0, 0.05) is 10.6 Å². The van der Waals surface area contributed by atoms with Crippen LogP contribution in [0.1, 0.15) is 45.3 Å². The van der Waals surface area contributed by atoms with Crippen molar-refractivity contribution < 1.29 is 9.53 Å². The zero-order chi connectivity index (χ0) is 18.8. The number of aryl methyl sites for hydroxylation is 2. The van der Waals surface area contributed by atoms with Gasteiger partial charge in [-0.15, -0.1) is 11.3 Å². The maximum absolute atomic E-state index is 12.4. The number of fused-ring (bicyclic) bond motifs is 1. The Hall–Kier alpha value is -1.92. The molecule has 0 amide bonds. The molecule has 0 bridgehead atoms. The Morgan fingerprint density at radius 3 is 2.77 bits per heavy atom. The number of esters is 1. The predicted molar refractivity (Wildman–Crippen MR) is 113 cm³/mol. The van der Waals surface area contributed by atoms with Crippen molar-refractivity contribution >= 4 is 45.3 Å². The first kappa shape index (κ1) is 18.9. The van der Waals surface area contributed by atoms with Crippen LogP contribution in [0.2, 0.25) is 0 Å². The highest BCUT2D eigenvalue weighted by Gasteiger charge is 2.28. The van der Waals surface area contributed by atoms with Crippen LogP contribution in [-0.4, -0.2) is 18.2 Å². The molecular weight excluding hydrogens is 364 g/mol. The number of hydrogen-bond acceptors (Lipinski definition) is 4. The van der Waals surface area contributed by atoms with Crippen LogP contribution in [0.3, 0.4) is 0 Å². The molecule has 6 heteroatoms. The average Bonchev–Trinajstić information content (AvgIpc) is 2.93. The lowest BCUT2D eigenvalue weighted by molar-refractivity contribution is 0.0601. The smallest absolute Gasteiger partial charge is 0.341 e. The van der Waals surface area contributed by atoms with Crippen LogP contribution in [0.5, 0.6) is 0 Å². The fraction of sp³-hybridized carbons (Fsp3) is 0.400. The van der Waals surface area contributed by atoms with Gasteiger partial charge in [-0.3, -0.25) is 0 Å². The molecule has 1 atom stereocenters. The lowest BCUT2D eigenvalue weighted by Crippen LogP contribution is -2.21. The van der Waals surface area contributed by atoms with Crippen molar-refractivity contribution in [2.45, 2.75) is 40.0 Å². The fourth-order valence-electron chi connectivity index (χ4n) is 3.37. The maximum atomic E-state index is 12.4. The van der Waals surface area contributed by atoms with Gasteiger partial charge < -0.3 is 15.4 Å². The number of benzene rings is 1. The highest BCUT2D eigenvalue weighted by atomic mass is 32.1. The number of carbonyl (C=O) groups excluding carboxylic acids is 1. The Balaban J connectivity index is 1.84. The van der Waals surface area contributed by atoms with Crippen molar-refractivity contribution in [1.82, 2.24) is 0 Å². The summed E-state index contributed by atoms with van der Waals surface area (Å²) in [5, 5.41) is 7.72. The van der Waals surface area contributed by atoms with Crippen LogP contribution in [-0.2, 0) is 17.6 Å². The minimum atomic E-state index is -0.297. The van der Waals surface area contributed by atoms with Crippen molar-refractivity contribution in [3.05, 3.63) is 45.3 Å². The molecule has 0 radical (unpaired) electrons. The third-order valence-electron chi connectivity index (χ3n) is 4.76. The lowest BCUT2D eigenvalue weighted by Gasteiger charge is -2.18. The number of nitrogens with one attached hydrogen (secondary N) is 2. The van der Waals surface area contributed by atoms with Gasteiger partial charge in [-0.05, 0) is 68.4 Å². The summed E-state index contributed by atoms with van der Waals surface area (Å²) in [5.41, 5.74) is 5.06. The van der Waals surface area contributed by atoms with Gasteiger partial charge >= 0.3 is 5.97 Å². The first-order valence-corrected chi connectivity index (χ1v) is 9.99. The summed E-state index contributed by atoms with van der Waals surface area (Å²) >= 11 is 7.10. The molecule has 1 aliphatic carbocycles. The summed E-state index contributed by atoms with van der Waals surface area (Å²) < 4.78 is 5.02. The minimum Gasteiger partial charge on any atom is -0.465 e. The van der Waals surface area contributed by atoms with Crippen molar-refractivity contribution in [1.29, 1.82) is 0 Å². The number of ether oxygens (including phenoxy) is 1. The second-order valence-corrected chi connectivity index (χ2v) is 8.46. The number of rotatable bonds is 3. The van der Waals surface area contributed by atoms with Gasteiger partial charge in [-0.2, -0.15) is 0 Å². The summed E-state index contributed by atoms with van der Waals surface area (Å²) in [5.74, 6) is 0.341. The number of carbonyl (C=O) groups is 1. The Labute approximate surface area is 164 Å². The summed E-state index contributed by atoms with van der Waals surface area (Å²) in [4.78, 5) is 13.6. The predicted octanol–water partition coefficient (Wildman–Crippen LogP) is 5.09. The zero-order valence-electron chi connectivity index (χ0n) is 15.6. The van der Waals surface area contributed by atoms with E-state index in [0.717, 1.165) is 41.1 Å². The summed E-state index contributed by atoms with van der Waals surface area (Å²) in [6.45, 7) is 6.36. The Kier molecular flexibility index (Phi) is 5.63. The van der Waals surface area contributed by atoms with E-state index < -0.39 is 0 Å². The van der Waals surface area contributed by atoms with E-state index in [1.807, 2.05) is 19.1 Å². The zero-order valence-corrected chi connectivity index (χ0v) is 17.2. The van der Waals surface area contributed by atoms with Crippen molar-refractivity contribution in [2.75, 3.05) is 17.7 Å². The monoisotopic (exact) mass is 388 g/mol. The van der Waals surface area contributed by atoms with Crippen molar-refractivity contribution in [3.63, 3.8) is 0 Å². The first-order chi connectivity index (χ1) is 12.4. The summed E-state index contributed by atoms with van der Waals surface area (Å²) in [6.07, 6.45) is 3.01. The van der Waals surface area contributed by atoms with Gasteiger partial charge in [-0.25, -0.2) is 4.79 Å². The Bertz CT molecular complexity index is 858. The molecule has 0 spiro atoms. The lowest BCUT2D eigenvalue weighted by atomic mass is 9.88. The second kappa shape index (κ2) is 7.76. The van der Waals surface area contributed by atoms with E-state index in [2.05, 4.69) is 30.5 Å². The van der Waals surface area contributed by atoms with E-state index in [9.17, 15) is 4.79 Å².